The number of nitrogens with zero attached hydrogens (tertiary/aromatic N) is 2. The third-order valence-corrected chi connectivity index (χ3v) is 2.98. The minimum Gasteiger partial charge on any atom is -0.316 e. The highest BCUT2D eigenvalue weighted by molar-refractivity contribution is 9.10. The molecule has 0 saturated carbocycles. The van der Waals surface area contributed by atoms with E-state index in [2.05, 4.69) is 34.8 Å². The lowest BCUT2D eigenvalue weighted by molar-refractivity contribution is 0.591. The first-order valence-corrected chi connectivity index (χ1v) is 5.87. The van der Waals surface area contributed by atoms with Crippen molar-refractivity contribution in [2.45, 2.75) is 19.9 Å². The third kappa shape index (κ3) is 2.02. The van der Waals surface area contributed by atoms with Gasteiger partial charge in [-0.1, -0.05) is 12.1 Å². The normalized spacial score (nSPS) is 11.1. The molecule has 2 nitrogen and oxygen atoms in total. The zero-order valence-electron chi connectivity index (χ0n) is 9.11. The molecule has 0 aliphatic heterocycles. The second kappa shape index (κ2) is 4.37. The van der Waals surface area contributed by atoms with Gasteiger partial charge in [0.2, 0.25) is 0 Å². The Balaban J connectivity index is 2.56. The summed E-state index contributed by atoms with van der Waals surface area (Å²) in [6, 6.07) is 6.81. The molecule has 0 unspecified atom stereocenters. The zero-order valence-corrected chi connectivity index (χ0v) is 10.7. The van der Waals surface area contributed by atoms with Crippen LogP contribution < -0.4 is 0 Å². The van der Waals surface area contributed by atoms with Crippen molar-refractivity contribution in [2.24, 2.45) is 0 Å². The highest BCUT2D eigenvalue weighted by atomic mass is 79.9. The van der Waals surface area contributed by atoms with Gasteiger partial charge in [0.05, 0.1) is 11.9 Å². The molecular formula is C12H12BrFN2. The monoisotopic (exact) mass is 282 g/mol. The first-order chi connectivity index (χ1) is 7.59. The molecule has 0 aliphatic carbocycles. The molecule has 0 N–H and O–H groups in total. The first kappa shape index (κ1) is 11.3. The fourth-order valence-electron chi connectivity index (χ4n) is 1.69. The minimum absolute atomic E-state index is 0.231. The Hall–Kier alpha value is -1.16. The smallest absolute Gasteiger partial charge is 0.177 e. The van der Waals surface area contributed by atoms with Crippen LogP contribution in [-0.2, 0) is 0 Å². The molecule has 84 valence electrons. The van der Waals surface area contributed by atoms with Crippen molar-refractivity contribution in [1.29, 1.82) is 0 Å². The van der Waals surface area contributed by atoms with E-state index in [0.717, 1.165) is 16.0 Å². The molecule has 0 saturated heterocycles. The maximum Gasteiger partial charge on any atom is 0.177 e. The number of imidazole rings is 1. The lowest BCUT2D eigenvalue weighted by atomic mass is 10.1. The topological polar surface area (TPSA) is 17.8 Å². The van der Waals surface area contributed by atoms with Crippen molar-refractivity contribution >= 4 is 15.9 Å². The standard InChI is InChI=1S/C12H12BrFN2/c1-8(2)16-11(7-15-12(16)13)9-4-3-5-10(14)6-9/h3-8H,1-2H3. The average molecular weight is 283 g/mol. The van der Waals surface area contributed by atoms with Gasteiger partial charge in [0.1, 0.15) is 5.82 Å². The Labute approximate surface area is 102 Å². The molecule has 0 radical (unpaired) electrons. The number of hydrogen-bond acceptors (Lipinski definition) is 1. The summed E-state index contributed by atoms with van der Waals surface area (Å²) in [6.45, 7) is 4.13. The van der Waals surface area contributed by atoms with Crippen molar-refractivity contribution in [2.75, 3.05) is 0 Å². The molecular weight excluding hydrogens is 271 g/mol. The summed E-state index contributed by atoms with van der Waals surface area (Å²) in [7, 11) is 0. The minimum atomic E-state index is -0.231. The molecule has 0 aliphatic rings. The molecule has 4 heteroatoms. The molecule has 1 aromatic heterocycles. The molecule has 0 atom stereocenters. The zero-order chi connectivity index (χ0) is 11.7. The molecule has 2 rings (SSSR count). The van der Waals surface area contributed by atoms with E-state index in [1.165, 1.54) is 12.1 Å². The molecule has 1 aromatic carbocycles. The van der Waals surface area contributed by atoms with Gasteiger partial charge < -0.3 is 4.57 Å². The maximum absolute atomic E-state index is 13.2. The molecule has 2 aromatic rings. The third-order valence-electron chi connectivity index (χ3n) is 2.39. The van der Waals surface area contributed by atoms with Crippen LogP contribution in [0.15, 0.2) is 35.2 Å². The van der Waals surface area contributed by atoms with Gasteiger partial charge >= 0.3 is 0 Å². The van der Waals surface area contributed by atoms with Crippen molar-refractivity contribution in [3.63, 3.8) is 0 Å². The second-order valence-electron chi connectivity index (χ2n) is 3.89. The lowest BCUT2D eigenvalue weighted by Gasteiger charge is -2.13. The van der Waals surface area contributed by atoms with E-state index in [0.29, 0.717) is 0 Å². The van der Waals surface area contributed by atoms with Gasteiger partial charge in [-0.05, 0) is 41.9 Å². The van der Waals surface area contributed by atoms with Crippen LogP contribution >= 0.6 is 15.9 Å². The van der Waals surface area contributed by atoms with Gasteiger partial charge in [0, 0.05) is 11.6 Å². The Bertz CT molecular complexity index is 505. The summed E-state index contributed by atoms with van der Waals surface area (Å²) in [5, 5.41) is 0. The van der Waals surface area contributed by atoms with Crippen molar-refractivity contribution in [3.05, 3.63) is 41.0 Å². The lowest BCUT2D eigenvalue weighted by Crippen LogP contribution is -2.03. The van der Waals surface area contributed by atoms with Crippen molar-refractivity contribution in [3.8, 4) is 11.3 Å². The van der Waals surface area contributed by atoms with Crippen LogP contribution in [0.4, 0.5) is 4.39 Å². The summed E-state index contributed by atoms with van der Waals surface area (Å²) >= 11 is 3.39. The summed E-state index contributed by atoms with van der Waals surface area (Å²) in [5.74, 6) is -0.231. The van der Waals surface area contributed by atoms with Crippen LogP contribution in [0.3, 0.4) is 0 Å². The van der Waals surface area contributed by atoms with Crippen LogP contribution in [0.1, 0.15) is 19.9 Å². The highest BCUT2D eigenvalue weighted by Crippen LogP contribution is 2.27. The van der Waals surface area contributed by atoms with Crippen LogP contribution in [0.25, 0.3) is 11.3 Å². The van der Waals surface area contributed by atoms with Crippen LogP contribution in [-0.4, -0.2) is 9.55 Å². The number of benzene rings is 1. The van der Waals surface area contributed by atoms with E-state index in [-0.39, 0.29) is 11.9 Å². The summed E-state index contributed by atoms with van der Waals surface area (Å²) < 4.78 is 15.9. The predicted molar refractivity (Wildman–Crippen MR) is 65.7 cm³/mol. The summed E-state index contributed by atoms with van der Waals surface area (Å²) in [5.41, 5.74) is 1.76. The maximum atomic E-state index is 13.2. The predicted octanol–water partition coefficient (Wildman–Crippen LogP) is 4.03. The molecule has 0 spiro atoms. The number of aromatic nitrogens is 2. The first-order valence-electron chi connectivity index (χ1n) is 5.08. The van der Waals surface area contributed by atoms with Gasteiger partial charge in [-0.3, -0.25) is 0 Å². The molecule has 0 bridgehead atoms. The molecule has 0 fully saturated rings. The fourth-order valence-corrected chi connectivity index (χ4v) is 2.39. The Kier molecular flexibility index (Phi) is 3.10. The van der Waals surface area contributed by atoms with E-state index >= 15 is 0 Å². The number of halogens is 2. The van der Waals surface area contributed by atoms with Gasteiger partial charge in [0.15, 0.2) is 4.73 Å². The second-order valence-corrected chi connectivity index (χ2v) is 4.60. The van der Waals surface area contributed by atoms with Gasteiger partial charge in [0.25, 0.3) is 0 Å². The summed E-state index contributed by atoms with van der Waals surface area (Å²) in [6.07, 6.45) is 1.75. The van der Waals surface area contributed by atoms with Crippen LogP contribution in [0, 0.1) is 5.82 Å². The van der Waals surface area contributed by atoms with Gasteiger partial charge in [-0.15, -0.1) is 0 Å². The Morgan fingerprint density at radius 1 is 1.38 bits per heavy atom. The molecule has 1 heterocycles. The largest absolute Gasteiger partial charge is 0.316 e. The number of hydrogen-bond donors (Lipinski definition) is 0. The van der Waals surface area contributed by atoms with Crippen LogP contribution in [0.5, 0.6) is 0 Å². The van der Waals surface area contributed by atoms with Gasteiger partial charge in [-0.2, -0.15) is 0 Å². The Morgan fingerprint density at radius 3 is 2.75 bits per heavy atom. The van der Waals surface area contributed by atoms with Crippen molar-refractivity contribution < 1.29 is 4.39 Å². The van der Waals surface area contributed by atoms with E-state index in [1.807, 2.05) is 10.6 Å². The number of rotatable bonds is 2. The summed E-state index contributed by atoms with van der Waals surface area (Å²) in [4.78, 5) is 4.20. The molecule has 16 heavy (non-hydrogen) atoms. The van der Waals surface area contributed by atoms with Gasteiger partial charge in [-0.25, -0.2) is 9.37 Å². The van der Waals surface area contributed by atoms with E-state index in [4.69, 9.17) is 0 Å². The van der Waals surface area contributed by atoms with Crippen LogP contribution in [0.2, 0.25) is 0 Å². The SMILES string of the molecule is CC(C)n1c(-c2cccc(F)c2)cnc1Br. The van der Waals surface area contributed by atoms with Crippen molar-refractivity contribution in [1.82, 2.24) is 9.55 Å². The quantitative estimate of drug-likeness (QED) is 0.813. The average Bonchev–Trinajstić information content (AvgIpc) is 2.60. The fraction of sp³-hybridized carbons (Fsp3) is 0.250. The van der Waals surface area contributed by atoms with E-state index in [9.17, 15) is 4.39 Å². The Morgan fingerprint density at radius 2 is 2.12 bits per heavy atom. The van der Waals surface area contributed by atoms with E-state index < -0.39 is 0 Å². The van der Waals surface area contributed by atoms with E-state index in [1.54, 1.807) is 12.3 Å². The molecule has 0 amide bonds. The highest BCUT2D eigenvalue weighted by Gasteiger charge is 2.12.